The zero-order valence-corrected chi connectivity index (χ0v) is 12.9. The van der Waals surface area contributed by atoms with Gasteiger partial charge in [0.05, 0.1) is 12.7 Å². The number of carbonyl (C=O) groups excluding carboxylic acids is 1. The summed E-state index contributed by atoms with van der Waals surface area (Å²) >= 11 is 0. The fraction of sp³-hybridized carbons (Fsp3) is 0.0556. The summed E-state index contributed by atoms with van der Waals surface area (Å²) in [6.45, 7) is 3.72. The predicted molar refractivity (Wildman–Crippen MR) is 92.6 cm³/mol. The van der Waals surface area contributed by atoms with Crippen molar-refractivity contribution in [1.82, 2.24) is 0 Å². The Labute approximate surface area is 134 Å². The van der Waals surface area contributed by atoms with Gasteiger partial charge in [-0.1, -0.05) is 12.7 Å². The zero-order chi connectivity index (χ0) is 16.6. The van der Waals surface area contributed by atoms with E-state index in [-0.39, 0.29) is 11.5 Å². The number of phenolic OH excluding ortho intramolecular Hbond substituents is 1. The number of ketones is 1. The van der Waals surface area contributed by atoms with E-state index in [2.05, 4.69) is 6.58 Å². The van der Waals surface area contributed by atoms with Gasteiger partial charge in [0, 0.05) is 16.5 Å². The van der Waals surface area contributed by atoms with Crippen LogP contribution in [-0.4, -0.2) is 25.8 Å². The van der Waals surface area contributed by atoms with E-state index in [1.54, 1.807) is 37.4 Å². The minimum Gasteiger partial charge on any atom is -0.507 e. The molecule has 0 fully saturated rings. The van der Waals surface area contributed by atoms with E-state index >= 15 is 0 Å². The third-order valence-corrected chi connectivity index (χ3v) is 3.85. The SMILES string of the molecule is Bc1cc(O)c(C=C)c2c(C(=O)c3ccc(OC)cc3)coc12. The molecule has 114 valence electrons. The van der Waals surface area contributed by atoms with E-state index in [9.17, 15) is 9.90 Å². The summed E-state index contributed by atoms with van der Waals surface area (Å²) in [5, 5.41) is 10.7. The van der Waals surface area contributed by atoms with Crippen LogP contribution < -0.4 is 10.2 Å². The van der Waals surface area contributed by atoms with E-state index in [1.165, 1.54) is 12.3 Å². The Balaban J connectivity index is 2.19. The number of aromatic hydroxyl groups is 1. The van der Waals surface area contributed by atoms with Crippen molar-refractivity contribution >= 4 is 36.1 Å². The number of hydrogen-bond acceptors (Lipinski definition) is 4. The zero-order valence-electron chi connectivity index (χ0n) is 12.9. The quantitative estimate of drug-likeness (QED) is 0.593. The Morgan fingerprint density at radius 2 is 2.04 bits per heavy atom. The minimum absolute atomic E-state index is 0.0789. The van der Waals surface area contributed by atoms with Crippen LogP contribution in [0.4, 0.5) is 0 Å². The number of ether oxygens (including phenoxy) is 1. The Hall–Kier alpha value is -2.95. The van der Waals surface area contributed by atoms with Crippen molar-refractivity contribution in [2.24, 2.45) is 0 Å². The van der Waals surface area contributed by atoms with Gasteiger partial charge in [0.1, 0.15) is 31.2 Å². The van der Waals surface area contributed by atoms with Crippen molar-refractivity contribution < 1.29 is 19.1 Å². The highest BCUT2D eigenvalue weighted by molar-refractivity contribution is 6.39. The van der Waals surface area contributed by atoms with Crippen LogP contribution in [0.3, 0.4) is 0 Å². The fourth-order valence-corrected chi connectivity index (χ4v) is 2.66. The number of furan rings is 1. The lowest BCUT2D eigenvalue weighted by Gasteiger charge is -2.06. The highest BCUT2D eigenvalue weighted by Gasteiger charge is 2.20. The lowest BCUT2D eigenvalue weighted by molar-refractivity contribution is 0.103. The Bertz CT molecular complexity index is 907. The Morgan fingerprint density at radius 1 is 1.35 bits per heavy atom. The number of benzene rings is 2. The molecule has 2 aromatic carbocycles. The summed E-state index contributed by atoms with van der Waals surface area (Å²) in [6.07, 6.45) is 2.95. The fourth-order valence-electron chi connectivity index (χ4n) is 2.66. The number of hydrogen-bond donors (Lipinski definition) is 1. The van der Waals surface area contributed by atoms with E-state index in [0.717, 1.165) is 5.46 Å². The molecule has 1 heterocycles. The average molecular weight is 306 g/mol. The molecule has 0 unspecified atom stereocenters. The molecule has 0 atom stereocenters. The maximum atomic E-state index is 12.8. The Morgan fingerprint density at radius 3 is 2.65 bits per heavy atom. The summed E-state index contributed by atoms with van der Waals surface area (Å²) in [5.74, 6) is 0.577. The van der Waals surface area contributed by atoms with Crippen LogP contribution in [0.5, 0.6) is 11.5 Å². The molecule has 0 aliphatic rings. The smallest absolute Gasteiger partial charge is 0.196 e. The van der Waals surface area contributed by atoms with Gasteiger partial charge >= 0.3 is 0 Å². The van der Waals surface area contributed by atoms with Gasteiger partial charge in [-0.3, -0.25) is 4.79 Å². The summed E-state index contributed by atoms with van der Waals surface area (Å²) in [7, 11) is 3.39. The van der Waals surface area contributed by atoms with E-state index < -0.39 is 0 Å². The first-order valence-electron chi connectivity index (χ1n) is 7.11. The molecule has 0 aliphatic heterocycles. The lowest BCUT2D eigenvalue weighted by Crippen LogP contribution is -2.05. The molecule has 1 N–H and O–H groups in total. The number of rotatable bonds is 4. The number of fused-ring (bicyclic) bond motifs is 1. The molecule has 0 saturated heterocycles. The molecule has 1 aromatic heterocycles. The maximum absolute atomic E-state index is 12.8. The van der Waals surface area contributed by atoms with Gasteiger partial charge in [0.25, 0.3) is 0 Å². The van der Waals surface area contributed by atoms with Crippen LogP contribution in [0.1, 0.15) is 21.5 Å². The van der Waals surface area contributed by atoms with Crippen molar-refractivity contribution in [1.29, 1.82) is 0 Å². The maximum Gasteiger partial charge on any atom is 0.196 e. The van der Waals surface area contributed by atoms with Crippen molar-refractivity contribution in [3.8, 4) is 11.5 Å². The molecule has 0 aliphatic carbocycles. The van der Waals surface area contributed by atoms with Crippen molar-refractivity contribution in [2.45, 2.75) is 0 Å². The second-order valence-electron chi connectivity index (χ2n) is 5.24. The monoisotopic (exact) mass is 306 g/mol. The molecule has 0 spiro atoms. The first-order chi connectivity index (χ1) is 11.1. The molecule has 0 saturated carbocycles. The van der Waals surface area contributed by atoms with Gasteiger partial charge in [-0.05, 0) is 35.8 Å². The third-order valence-electron chi connectivity index (χ3n) is 3.85. The van der Waals surface area contributed by atoms with Crippen LogP contribution in [0.25, 0.3) is 17.0 Å². The summed E-state index contributed by atoms with van der Waals surface area (Å²) < 4.78 is 10.7. The third kappa shape index (κ3) is 2.40. The summed E-state index contributed by atoms with van der Waals surface area (Å²) in [6, 6.07) is 8.45. The van der Waals surface area contributed by atoms with Crippen LogP contribution in [0.2, 0.25) is 0 Å². The number of methoxy groups -OCH3 is 1. The van der Waals surface area contributed by atoms with Crippen LogP contribution >= 0.6 is 0 Å². The van der Waals surface area contributed by atoms with Gasteiger partial charge in [0.2, 0.25) is 0 Å². The molecule has 0 bridgehead atoms. The second-order valence-corrected chi connectivity index (χ2v) is 5.24. The van der Waals surface area contributed by atoms with Crippen molar-refractivity contribution in [2.75, 3.05) is 7.11 Å². The summed E-state index contributed by atoms with van der Waals surface area (Å²) in [5.41, 5.74) is 2.76. The van der Waals surface area contributed by atoms with Crippen LogP contribution in [0, 0.1) is 0 Å². The molecule has 0 radical (unpaired) electrons. The normalized spacial score (nSPS) is 10.7. The molecule has 0 amide bonds. The highest BCUT2D eigenvalue weighted by Crippen LogP contribution is 2.32. The van der Waals surface area contributed by atoms with Gasteiger partial charge in [-0.25, -0.2) is 0 Å². The average Bonchev–Trinajstić information content (AvgIpc) is 3.00. The van der Waals surface area contributed by atoms with Gasteiger partial charge < -0.3 is 14.3 Å². The van der Waals surface area contributed by atoms with Gasteiger partial charge in [-0.15, -0.1) is 0 Å². The topological polar surface area (TPSA) is 59.7 Å². The van der Waals surface area contributed by atoms with Crippen molar-refractivity contribution in [3.05, 3.63) is 59.9 Å². The minimum atomic E-state index is -0.181. The molecule has 3 rings (SSSR count). The van der Waals surface area contributed by atoms with E-state index in [4.69, 9.17) is 9.15 Å². The largest absolute Gasteiger partial charge is 0.507 e. The lowest BCUT2D eigenvalue weighted by atomic mass is 9.89. The number of carbonyl (C=O) groups is 1. The predicted octanol–water partition coefficient (Wildman–Crippen LogP) is 2.28. The Kier molecular flexibility index (Phi) is 3.70. The standard InChI is InChI=1S/C18H15BO4/c1-3-12-15(20)8-14(19)18-16(12)13(9-23-18)17(21)10-4-6-11(22-2)7-5-10/h3-9,20H,1,19H2,2H3. The molecule has 5 heteroatoms. The van der Waals surface area contributed by atoms with Gasteiger partial charge in [-0.2, -0.15) is 0 Å². The molecular formula is C18H15BO4. The number of phenols is 1. The first-order valence-corrected chi connectivity index (χ1v) is 7.11. The van der Waals surface area contributed by atoms with Crippen molar-refractivity contribution in [3.63, 3.8) is 0 Å². The van der Waals surface area contributed by atoms with Gasteiger partial charge in [0.15, 0.2) is 5.78 Å². The molecular weight excluding hydrogens is 291 g/mol. The molecule has 3 aromatic rings. The van der Waals surface area contributed by atoms with Crippen LogP contribution in [-0.2, 0) is 0 Å². The summed E-state index contributed by atoms with van der Waals surface area (Å²) in [4.78, 5) is 12.8. The second kappa shape index (κ2) is 5.68. The van der Waals surface area contributed by atoms with Crippen LogP contribution in [0.15, 0.2) is 47.6 Å². The van der Waals surface area contributed by atoms with E-state index in [1.807, 2.05) is 7.85 Å². The van der Waals surface area contributed by atoms with E-state index in [0.29, 0.717) is 33.4 Å². The first kappa shape index (κ1) is 15.0. The molecule has 4 nitrogen and oxygen atoms in total. The highest BCUT2D eigenvalue weighted by atomic mass is 16.5. The molecule has 23 heavy (non-hydrogen) atoms.